The second kappa shape index (κ2) is 10.9. The Balaban J connectivity index is 1.34. The summed E-state index contributed by atoms with van der Waals surface area (Å²) in [7, 11) is 0. The molecule has 2 saturated heterocycles. The second-order valence-electron chi connectivity index (χ2n) is 9.73. The topological polar surface area (TPSA) is 50.8 Å². The van der Waals surface area contributed by atoms with Crippen LogP contribution in [0, 0.1) is 11.8 Å². The van der Waals surface area contributed by atoms with Gasteiger partial charge in [-0.05, 0) is 73.1 Å². The standard InChI is InChI=1S/C27H35ClN2O3/c1-20-17-21(2)19-30(18-20)13-16-33-25-9-7-24(8-10-25)29-26(31)27(11-14-32-15-12-27)22-3-5-23(28)6-4-22/h3-10,20-21H,11-19H2,1-2H3,(H,29,31). The quantitative estimate of drug-likeness (QED) is 0.590. The number of rotatable bonds is 7. The molecule has 5 nitrogen and oxygen atoms in total. The van der Waals surface area contributed by atoms with Gasteiger partial charge in [-0.1, -0.05) is 37.6 Å². The highest BCUT2D eigenvalue weighted by Gasteiger charge is 2.41. The third-order valence-electron chi connectivity index (χ3n) is 6.91. The summed E-state index contributed by atoms with van der Waals surface area (Å²) < 4.78 is 11.5. The summed E-state index contributed by atoms with van der Waals surface area (Å²) in [5, 5.41) is 3.79. The Labute approximate surface area is 202 Å². The molecule has 33 heavy (non-hydrogen) atoms. The third-order valence-corrected chi connectivity index (χ3v) is 7.16. The maximum Gasteiger partial charge on any atom is 0.235 e. The fourth-order valence-corrected chi connectivity index (χ4v) is 5.41. The van der Waals surface area contributed by atoms with Gasteiger partial charge in [-0.3, -0.25) is 9.69 Å². The van der Waals surface area contributed by atoms with Crippen molar-refractivity contribution in [3.8, 4) is 5.75 Å². The van der Waals surface area contributed by atoms with E-state index in [1.54, 1.807) is 0 Å². The lowest BCUT2D eigenvalue weighted by Gasteiger charge is -2.36. The average Bonchev–Trinajstić information content (AvgIpc) is 2.80. The van der Waals surface area contributed by atoms with Crippen molar-refractivity contribution in [1.29, 1.82) is 0 Å². The number of halogens is 1. The largest absolute Gasteiger partial charge is 0.492 e. The predicted molar refractivity (Wildman–Crippen MR) is 133 cm³/mol. The number of carbonyl (C=O) groups excluding carboxylic acids is 1. The van der Waals surface area contributed by atoms with Crippen LogP contribution in [0.5, 0.6) is 5.75 Å². The number of ether oxygens (including phenoxy) is 2. The summed E-state index contributed by atoms with van der Waals surface area (Å²) in [6, 6.07) is 15.3. The molecule has 0 saturated carbocycles. The first-order chi connectivity index (χ1) is 15.9. The zero-order valence-electron chi connectivity index (χ0n) is 19.7. The van der Waals surface area contributed by atoms with Crippen LogP contribution in [0.15, 0.2) is 48.5 Å². The van der Waals surface area contributed by atoms with E-state index in [9.17, 15) is 4.79 Å². The summed E-state index contributed by atoms with van der Waals surface area (Å²) in [5.74, 6) is 2.33. The Morgan fingerprint density at radius 1 is 1.06 bits per heavy atom. The molecule has 6 heteroatoms. The van der Waals surface area contributed by atoms with Gasteiger partial charge in [0.2, 0.25) is 5.91 Å². The lowest BCUT2D eigenvalue weighted by molar-refractivity contribution is -0.125. The lowest BCUT2D eigenvalue weighted by Crippen LogP contribution is -2.44. The summed E-state index contributed by atoms with van der Waals surface area (Å²) in [6.45, 7) is 9.71. The minimum Gasteiger partial charge on any atom is -0.492 e. The molecule has 2 heterocycles. The van der Waals surface area contributed by atoms with Crippen LogP contribution in [0.4, 0.5) is 5.69 Å². The number of anilines is 1. The Hall–Kier alpha value is -2.08. The van der Waals surface area contributed by atoms with Crippen LogP contribution in [0.2, 0.25) is 5.02 Å². The molecule has 2 aliphatic rings. The zero-order valence-corrected chi connectivity index (χ0v) is 20.4. The molecule has 1 N–H and O–H groups in total. The molecule has 0 aromatic heterocycles. The highest BCUT2D eigenvalue weighted by molar-refractivity contribution is 6.30. The smallest absolute Gasteiger partial charge is 0.235 e. The molecule has 178 valence electrons. The number of hydrogen-bond donors (Lipinski definition) is 1. The van der Waals surface area contributed by atoms with Crippen LogP contribution < -0.4 is 10.1 Å². The van der Waals surface area contributed by atoms with Crippen molar-refractivity contribution in [1.82, 2.24) is 4.90 Å². The Morgan fingerprint density at radius 3 is 2.33 bits per heavy atom. The van der Waals surface area contributed by atoms with Crippen molar-refractivity contribution in [2.75, 3.05) is 44.8 Å². The van der Waals surface area contributed by atoms with Gasteiger partial charge in [-0.2, -0.15) is 0 Å². The van der Waals surface area contributed by atoms with Crippen molar-refractivity contribution in [3.63, 3.8) is 0 Å². The first-order valence-electron chi connectivity index (χ1n) is 12.0. The van der Waals surface area contributed by atoms with E-state index >= 15 is 0 Å². The van der Waals surface area contributed by atoms with Gasteiger partial charge in [0.15, 0.2) is 0 Å². The summed E-state index contributed by atoms with van der Waals surface area (Å²) in [6.07, 6.45) is 2.61. The molecule has 2 aromatic carbocycles. The molecule has 2 aliphatic heterocycles. The minimum absolute atomic E-state index is 0.00451. The van der Waals surface area contributed by atoms with Crippen molar-refractivity contribution < 1.29 is 14.3 Å². The van der Waals surface area contributed by atoms with Crippen LogP contribution in [0.3, 0.4) is 0 Å². The van der Waals surface area contributed by atoms with Crippen LogP contribution in [0.1, 0.15) is 38.7 Å². The zero-order chi connectivity index (χ0) is 23.3. The molecule has 0 bridgehead atoms. The van der Waals surface area contributed by atoms with Crippen molar-refractivity contribution in [2.45, 2.75) is 38.5 Å². The van der Waals surface area contributed by atoms with Gasteiger partial charge in [-0.15, -0.1) is 0 Å². The molecule has 0 aliphatic carbocycles. The second-order valence-corrected chi connectivity index (χ2v) is 10.2. The SMILES string of the molecule is CC1CC(C)CN(CCOc2ccc(NC(=O)C3(c4ccc(Cl)cc4)CCOCC3)cc2)C1. The molecular weight excluding hydrogens is 436 g/mol. The number of carbonyl (C=O) groups is 1. The Morgan fingerprint density at radius 2 is 1.70 bits per heavy atom. The molecular formula is C27H35ClN2O3. The van der Waals surface area contributed by atoms with E-state index in [-0.39, 0.29) is 5.91 Å². The number of piperidine rings is 1. The van der Waals surface area contributed by atoms with Crippen molar-refractivity contribution >= 4 is 23.2 Å². The molecule has 1 amide bonds. The highest BCUT2D eigenvalue weighted by Crippen LogP contribution is 2.37. The number of hydrogen-bond acceptors (Lipinski definition) is 4. The van der Waals surface area contributed by atoms with Gasteiger partial charge < -0.3 is 14.8 Å². The summed E-state index contributed by atoms with van der Waals surface area (Å²) >= 11 is 6.07. The van der Waals surface area contributed by atoms with Gasteiger partial charge >= 0.3 is 0 Å². The van der Waals surface area contributed by atoms with E-state index < -0.39 is 5.41 Å². The van der Waals surface area contributed by atoms with Crippen molar-refractivity contribution in [3.05, 3.63) is 59.1 Å². The normalized spacial score (nSPS) is 23.1. The third kappa shape index (κ3) is 6.08. The van der Waals surface area contributed by atoms with E-state index in [1.807, 2.05) is 48.5 Å². The van der Waals surface area contributed by atoms with Crippen molar-refractivity contribution in [2.24, 2.45) is 11.8 Å². The number of benzene rings is 2. The van der Waals surface area contributed by atoms with E-state index in [0.717, 1.165) is 48.5 Å². The van der Waals surface area contributed by atoms with Gasteiger partial charge in [0.25, 0.3) is 0 Å². The highest BCUT2D eigenvalue weighted by atomic mass is 35.5. The predicted octanol–water partition coefficient (Wildman–Crippen LogP) is 5.38. The Kier molecular flexibility index (Phi) is 7.94. The van der Waals surface area contributed by atoms with Crippen LogP contribution in [0.25, 0.3) is 0 Å². The van der Waals surface area contributed by atoms with E-state index in [0.29, 0.717) is 37.7 Å². The van der Waals surface area contributed by atoms with E-state index in [2.05, 4.69) is 24.1 Å². The molecule has 0 spiro atoms. The summed E-state index contributed by atoms with van der Waals surface area (Å²) in [5.41, 5.74) is 1.14. The van der Waals surface area contributed by atoms with Gasteiger partial charge in [0.05, 0.1) is 5.41 Å². The number of nitrogens with one attached hydrogen (secondary N) is 1. The molecule has 2 fully saturated rings. The molecule has 2 atom stereocenters. The maximum absolute atomic E-state index is 13.4. The molecule has 2 aromatic rings. The van der Waals surface area contributed by atoms with E-state index in [4.69, 9.17) is 21.1 Å². The number of amides is 1. The molecule has 0 radical (unpaired) electrons. The molecule has 2 unspecified atom stereocenters. The first-order valence-corrected chi connectivity index (χ1v) is 12.4. The van der Waals surface area contributed by atoms with Gasteiger partial charge in [0, 0.05) is 43.6 Å². The van der Waals surface area contributed by atoms with Crippen LogP contribution in [-0.4, -0.2) is 50.3 Å². The number of nitrogens with zero attached hydrogens (tertiary/aromatic N) is 1. The minimum atomic E-state index is -0.610. The van der Waals surface area contributed by atoms with Crippen LogP contribution >= 0.6 is 11.6 Å². The lowest BCUT2D eigenvalue weighted by atomic mass is 9.73. The fourth-order valence-electron chi connectivity index (χ4n) is 5.29. The van der Waals surface area contributed by atoms with Gasteiger partial charge in [0.1, 0.15) is 12.4 Å². The Bertz CT molecular complexity index is 900. The van der Waals surface area contributed by atoms with Gasteiger partial charge in [-0.25, -0.2) is 0 Å². The fraction of sp³-hybridized carbons (Fsp3) is 0.519. The van der Waals surface area contributed by atoms with Crippen LogP contribution in [-0.2, 0) is 14.9 Å². The first kappa shape index (κ1) is 24.1. The summed E-state index contributed by atoms with van der Waals surface area (Å²) in [4.78, 5) is 15.9. The van der Waals surface area contributed by atoms with E-state index in [1.165, 1.54) is 6.42 Å². The number of likely N-dealkylation sites (tertiary alicyclic amines) is 1. The average molecular weight is 471 g/mol. The maximum atomic E-state index is 13.4. The monoisotopic (exact) mass is 470 g/mol. The molecule has 4 rings (SSSR count).